The van der Waals surface area contributed by atoms with Crippen molar-refractivity contribution in [2.24, 2.45) is 17.1 Å². The number of hydrogen-bond donors (Lipinski definition) is 2. The maximum Gasteiger partial charge on any atom is 0.233 e. The summed E-state index contributed by atoms with van der Waals surface area (Å²) in [7, 11) is 0. The summed E-state index contributed by atoms with van der Waals surface area (Å²) >= 11 is 5.21. The highest BCUT2D eigenvalue weighted by Gasteiger charge is 2.43. The molecule has 0 aromatic heterocycles. The second-order valence-electron chi connectivity index (χ2n) is 6.11. The molecule has 18 heavy (non-hydrogen) atoms. The number of carbonyl (C=O) groups is 1. The molecule has 0 spiro atoms. The molecule has 0 atom stereocenters. The van der Waals surface area contributed by atoms with E-state index < -0.39 is 5.41 Å². The van der Waals surface area contributed by atoms with E-state index in [-0.39, 0.29) is 5.91 Å². The van der Waals surface area contributed by atoms with Gasteiger partial charge in [0, 0.05) is 6.04 Å². The van der Waals surface area contributed by atoms with Crippen LogP contribution < -0.4 is 11.1 Å². The van der Waals surface area contributed by atoms with Crippen molar-refractivity contribution >= 4 is 23.1 Å². The summed E-state index contributed by atoms with van der Waals surface area (Å²) in [5.41, 5.74) is 5.34. The van der Waals surface area contributed by atoms with Gasteiger partial charge in [0.25, 0.3) is 0 Å². The average Bonchev–Trinajstić information content (AvgIpc) is 2.53. The number of amides is 1. The van der Waals surface area contributed by atoms with Gasteiger partial charge in [-0.05, 0) is 31.6 Å². The van der Waals surface area contributed by atoms with Crippen LogP contribution in [0.1, 0.15) is 58.3 Å². The topological polar surface area (TPSA) is 55.1 Å². The van der Waals surface area contributed by atoms with Gasteiger partial charge in [-0.25, -0.2) is 0 Å². The minimum Gasteiger partial charge on any atom is -0.392 e. The Labute approximate surface area is 115 Å². The predicted molar refractivity (Wildman–Crippen MR) is 77.2 cm³/mol. The van der Waals surface area contributed by atoms with E-state index in [1.165, 1.54) is 12.8 Å². The summed E-state index contributed by atoms with van der Waals surface area (Å²) in [5.74, 6) is 0.832. The fraction of sp³-hybridized carbons (Fsp3) is 0.857. The van der Waals surface area contributed by atoms with Gasteiger partial charge in [0.15, 0.2) is 0 Å². The van der Waals surface area contributed by atoms with E-state index in [0.29, 0.717) is 11.0 Å². The highest BCUT2D eigenvalue weighted by atomic mass is 32.1. The molecule has 0 heterocycles. The normalized spacial score (nSPS) is 30.9. The van der Waals surface area contributed by atoms with Crippen molar-refractivity contribution in [3.63, 3.8) is 0 Å². The number of rotatable bonds is 3. The predicted octanol–water partition coefficient (Wildman–Crippen LogP) is 2.53. The molecule has 3 N–H and O–H groups in total. The van der Waals surface area contributed by atoms with E-state index in [1.54, 1.807) is 0 Å². The molecule has 2 rings (SSSR count). The van der Waals surface area contributed by atoms with Crippen LogP contribution in [-0.2, 0) is 4.79 Å². The van der Waals surface area contributed by atoms with Crippen LogP contribution in [0, 0.1) is 11.3 Å². The molecule has 0 unspecified atom stereocenters. The third kappa shape index (κ3) is 2.68. The molecule has 0 aromatic carbocycles. The SMILES string of the molecule is CC1CC(NC(=O)C2(C(N)=S)CCCCCC2)C1. The van der Waals surface area contributed by atoms with Gasteiger partial charge in [-0.2, -0.15) is 0 Å². The van der Waals surface area contributed by atoms with E-state index in [1.807, 2.05) is 0 Å². The maximum absolute atomic E-state index is 12.5. The third-order valence-electron chi connectivity index (χ3n) is 4.57. The number of nitrogens with one attached hydrogen (secondary N) is 1. The number of carbonyl (C=O) groups excluding carboxylic acids is 1. The first-order valence-corrected chi connectivity index (χ1v) is 7.56. The first-order valence-electron chi connectivity index (χ1n) is 7.15. The summed E-state index contributed by atoms with van der Waals surface area (Å²) in [4.78, 5) is 12.9. The smallest absolute Gasteiger partial charge is 0.233 e. The van der Waals surface area contributed by atoms with Gasteiger partial charge in [-0.3, -0.25) is 4.79 Å². The first-order chi connectivity index (χ1) is 8.54. The Morgan fingerprint density at radius 2 is 1.78 bits per heavy atom. The van der Waals surface area contributed by atoms with Crippen LogP contribution in [0.5, 0.6) is 0 Å². The molecule has 1 amide bonds. The van der Waals surface area contributed by atoms with Crippen molar-refractivity contribution in [3.8, 4) is 0 Å². The molecule has 0 aliphatic heterocycles. The molecule has 102 valence electrons. The van der Waals surface area contributed by atoms with Crippen molar-refractivity contribution in [2.75, 3.05) is 0 Å². The maximum atomic E-state index is 12.5. The first kappa shape index (κ1) is 13.8. The molecule has 0 saturated heterocycles. The average molecular weight is 268 g/mol. The zero-order valence-corrected chi connectivity index (χ0v) is 12.0. The molecule has 0 aromatic rings. The zero-order chi connectivity index (χ0) is 13.2. The molecular weight excluding hydrogens is 244 g/mol. The van der Waals surface area contributed by atoms with E-state index in [2.05, 4.69) is 12.2 Å². The number of hydrogen-bond acceptors (Lipinski definition) is 2. The molecule has 3 nitrogen and oxygen atoms in total. The summed E-state index contributed by atoms with van der Waals surface area (Å²) in [5, 5.41) is 3.16. The molecule has 2 aliphatic carbocycles. The van der Waals surface area contributed by atoms with Gasteiger partial charge in [0.05, 0.1) is 10.4 Å². The monoisotopic (exact) mass is 268 g/mol. The highest BCUT2D eigenvalue weighted by molar-refractivity contribution is 7.80. The third-order valence-corrected chi connectivity index (χ3v) is 4.96. The van der Waals surface area contributed by atoms with E-state index in [9.17, 15) is 4.79 Å². The highest BCUT2D eigenvalue weighted by Crippen LogP contribution is 2.37. The second kappa shape index (κ2) is 5.55. The van der Waals surface area contributed by atoms with Gasteiger partial charge < -0.3 is 11.1 Å². The minimum atomic E-state index is -0.565. The number of thiocarbonyl (C=S) groups is 1. The second-order valence-corrected chi connectivity index (χ2v) is 6.55. The van der Waals surface area contributed by atoms with Crippen LogP contribution in [0.15, 0.2) is 0 Å². The van der Waals surface area contributed by atoms with Crippen LogP contribution in [0.25, 0.3) is 0 Å². The van der Waals surface area contributed by atoms with Gasteiger partial charge >= 0.3 is 0 Å². The Morgan fingerprint density at radius 3 is 2.22 bits per heavy atom. The molecule has 2 fully saturated rings. The molecular formula is C14H24N2OS. The van der Waals surface area contributed by atoms with E-state index in [0.717, 1.165) is 44.4 Å². The van der Waals surface area contributed by atoms with Crippen molar-refractivity contribution in [1.29, 1.82) is 0 Å². The lowest BCUT2D eigenvalue weighted by Crippen LogP contribution is -2.54. The Bertz CT molecular complexity index is 329. The summed E-state index contributed by atoms with van der Waals surface area (Å²) in [6.07, 6.45) is 8.36. The van der Waals surface area contributed by atoms with Crippen molar-refractivity contribution in [1.82, 2.24) is 5.32 Å². The Morgan fingerprint density at radius 1 is 1.22 bits per heavy atom. The summed E-state index contributed by atoms with van der Waals surface area (Å²) in [6.45, 7) is 2.22. The van der Waals surface area contributed by atoms with Gasteiger partial charge in [-0.15, -0.1) is 0 Å². The summed E-state index contributed by atoms with van der Waals surface area (Å²) < 4.78 is 0. The van der Waals surface area contributed by atoms with Crippen LogP contribution in [-0.4, -0.2) is 16.9 Å². The lowest BCUT2D eigenvalue weighted by molar-refractivity contribution is -0.129. The van der Waals surface area contributed by atoms with Gasteiger partial charge in [0.1, 0.15) is 0 Å². The Kier molecular flexibility index (Phi) is 4.25. The lowest BCUT2D eigenvalue weighted by atomic mass is 9.77. The van der Waals surface area contributed by atoms with Gasteiger partial charge in [-0.1, -0.05) is 44.8 Å². The molecule has 2 aliphatic rings. The van der Waals surface area contributed by atoms with E-state index >= 15 is 0 Å². The molecule has 2 saturated carbocycles. The largest absolute Gasteiger partial charge is 0.392 e. The van der Waals surface area contributed by atoms with Crippen LogP contribution in [0.3, 0.4) is 0 Å². The Balaban J connectivity index is 2.03. The van der Waals surface area contributed by atoms with Crippen molar-refractivity contribution in [2.45, 2.75) is 64.3 Å². The zero-order valence-electron chi connectivity index (χ0n) is 11.2. The van der Waals surface area contributed by atoms with Crippen LogP contribution in [0.4, 0.5) is 0 Å². The van der Waals surface area contributed by atoms with Crippen molar-refractivity contribution < 1.29 is 4.79 Å². The standard InChI is InChI=1S/C14H24N2OS/c1-10-8-11(9-10)16-13(17)14(12(15)18)6-4-2-3-5-7-14/h10-11H,2-9H2,1H3,(H2,15,18)(H,16,17). The quantitative estimate of drug-likeness (QED) is 0.611. The fourth-order valence-electron chi connectivity index (χ4n) is 3.26. The van der Waals surface area contributed by atoms with E-state index in [4.69, 9.17) is 18.0 Å². The fourth-order valence-corrected chi connectivity index (χ4v) is 3.56. The molecule has 4 heteroatoms. The van der Waals surface area contributed by atoms with Crippen LogP contribution >= 0.6 is 12.2 Å². The Hall–Kier alpha value is -0.640. The van der Waals surface area contributed by atoms with Crippen LogP contribution in [0.2, 0.25) is 0 Å². The van der Waals surface area contributed by atoms with Crippen molar-refractivity contribution in [3.05, 3.63) is 0 Å². The number of nitrogens with two attached hydrogens (primary N) is 1. The van der Waals surface area contributed by atoms with Gasteiger partial charge in [0.2, 0.25) is 5.91 Å². The molecule has 0 bridgehead atoms. The molecule has 0 radical (unpaired) electrons. The summed E-state index contributed by atoms with van der Waals surface area (Å²) in [6, 6.07) is 0.349. The minimum absolute atomic E-state index is 0.0915. The lowest BCUT2D eigenvalue weighted by Gasteiger charge is -2.38.